The van der Waals surface area contributed by atoms with E-state index in [1.54, 1.807) is 18.3 Å². The lowest BCUT2D eigenvalue weighted by molar-refractivity contribution is 0.0691. The molecule has 0 amide bonds. The van der Waals surface area contributed by atoms with Gasteiger partial charge in [-0.2, -0.15) is 5.10 Å². The van der Waals surface area contributed by atoms with Gasteiger partial charge in [-0.3, -0.25) is 0 Å². The van der Waals surface area contributed by atoms with Crippen molar-refractivity contribution in [3.05, 3.63) is 112 Å². The number of hydrazone groups is 1. The molecular weight excluding hydrogens is 558 g/mol. The maximum atomic E-state index is 13.9. The topological polar surface area (TPSA) is 126 Å². The summed E-state index contributed by atoms with van der Waals surface area (Å²) in [7, 11) is -3.86. The number of nitrogens with two attached hydrogens (primary N) is 1. The molecule has 3 N–H and O–H groups in total. The molecule has 0 saturated carbocycles. The summed E-state index contributed by atoms with van der Waals surface area (Å²) < 4.78 is 51.2. The Morgan fingerprint density at radius 1 is 1.07 bits per heavy atom. The number of primary sulfonamides is 1. The molecule has 0 unspecified atom stereocenters. The quantitative estimate of drug-likeness (QED) is 0.187. The molecule has 0 atom stereocenters. The molecule has 0 fully saturated rings. The van der Waals surface area contributed by atoms with E-state index in [1.165, 1.54) is 34.7 Å². The van der Waals surface area contributed by atoms with Crippen LogP contribution in [0.15, 0.2) is 87.8 Å². The third-order valence-electron chi connectivity index (χ3n) is 5.95. The lowest BCUT2D eigenvalue weighted by Crippen LogP contribution is -2.12. The number of carboxylic acids is 1. The van der Waals surface area contributed by atoms with Crippen LogP contribution in [-0.2, 0) is 22.9 Å². The third-order valence-corrected chi connectivity index (χ3v) is 7.71. The molecule has 4 rings (SSSR count). The molecule has 12 heteroatoms. The van der Waals surface area contributed by atoms with E-state index in [0.29, 0.717) is 24.0 Å². The Morgan fingerprint density at radius 2 is 1.70 bits per heavy atom. The number of aromatic nitrogens is 1. The summed E-state index contributed by atoms with van der Waals surface area (Å²) in [6.07, 6.45) is 2.39. The molecule has 40 heavy (non-hydrogen) atoms. The first-order valence-electron chi connectivity index (χ1n) is 11.7. The molecule has 0 saturated heterocycles. The van der Waals surface area contributed by atoms with Crippen LogP contribution < -0.4 is 10.1 Å². The van der Waals surface area contributed by atoms with Gasteiger partial charge in [0.15, 0.2) is 5.69 Å². The highest BCUT2D eigenvalue weighted by atomic mass is 32.2. The fourth-order valence-corrected chi connectivity index (χ4v) is 5.33. The van der Waals surface area contributed by atoms with Crippen LogP contribution in [-0.4, -0.2) is 31.2 Å². The van der Waals surface area contributed by atoms with Gasteiger partial charge in [-0.15, -0.1) is 11.3 Å². The fourth-order valence-electron chi connectivity index (χ4n) is 4.07. The monoisotopic (exact) mass is 582 g/mol. The van der Waals surface area contributed by atoms with Crippen LogP contribution in [0, 0.1) is 18.6 Å². The molecule has 206 valence electrons. The number of carboxylic acid groups (broad SMARTS) is 1. The van der Waals surface area contributed by atoms with Crippen molar-refractivity contribution in [3.8, 4) is 11.1 Å². The Bertz CT molecular complexity index is 1700. The third kappa shape index (κ3) is 7.03. The van der Waals surface area contributed by atoms with Crippen LogP contribution in [0.3, 0.4) is 0 Å². The molecule has 0 aliphatic carbocycles. The van der Waals surface area contributed by atoms with Gasteiger partial charge in [0.25, 0.3) is 0 Å². The number of allylic oxidation sites excluding steroid dienone is 1. The predicted octanol–water partition coefficient (Wildman–Crippen LogP) is 5.53. The zero-order valence-electron chi connectivity index (χ0n) is 21.2. The average Bonchev–Trinajstić information content (AvgIpc) is 3.38. The maximum absolute atomic E-state index is 13.9. The fraction of sp³-hybridized carbons (Fsp3) is 0.107. The van der Waals surface area contributed by atoms with Crippen molar-refractivity contribution >= 4 is 39.2 Å². The number of nitrogens with zero attached hydrogens (tertiary/aromatic N) is 3. The first-order chi connectivity index (χ1) is 18.9. The molecular formula is C28H24F2N4O4S2. The number of carbonyl (C=O) groups is 1. The van der Waals surface area contributed by atoms with Crippen molar-refractivity contribution in [1.29, 1.82) is 0 Å². The molecule has 0 aliphatic heterocycles. The molecule has 1 heterocycles. The number of aromatic carboxylic acids is 1. The molecule has 0 bridgehead atoms. The van der Waals surface area contributed by atoms with Gasteiger partial charge in [0, 0.05) is 24.4 Å². The number of benzene rings is 3. The van der Waals surface area contributed by atoms with Crippen LogP contribution >= 0.6 is 11.3 Å². The van der Waals surface area contributed by atoms with E-state index in [-0.39, 0.29) is 15.7 Å². The minimum Gasteiger partial charge on any atom is -0.476 e. The van der Waals surface area contributed by atoms with Crippen molar-refractivity contribution in [2.45, 2.75) is 24.7 Å². The highest BCUT2D eigenvalue weighted by molar-refractivity contribution is 7.89. The van der Waals surface area contributed by atoms with Gasteiger partial charge >= 0.3 is 5.97 Å². The number of halogens is 2. The molecule has 0 aliphatic rings. The molecule has 4 aromatic rings. The van der Waals surface area contributed by atoms with Crippen LogP contribution in [0.5, 0.6) is 0 Å². The highest BCUT2D eigenvalue weighted by Crippen LogP contribution is 2.29. The second-order valence-electron chi connectivity index (χ2n) is 8.94. The van der Waals surface area contributed by atoms with E-state index in [1.807, 2.05) is 25.1 Å². The largest absolute Gasteiger partial charge is 0.476 e. The summed E-state index contributed by atoms with van der Waals surface area (Å²) in [5.74, 6) is -2.54. The number of sulfonamides is 1. The standard InChI is InChI=1S/C28H24F2N4O4S2/c1-17-3-4-19(11-25(17)21-12-22(29)14-23(30)13-21)10-20(9-18-5-7-24(8-6-18)40(31,37)38)15-34(32-2)28-33-26(16-39-28)27(35)36/h3-8,11-16H,2,9-10H2,1H3,(H,35,36)(H2,31,37,38)/b20-15-. The SMILES string of the molecule is C=NN(/C=C(/Cc1ccc(S(N)(=O)=O)cc1)Cc1ccc(C)c(-c2cc(F)cc(F)c2)c1)c1nc(C(=O)O)cs1. The normalized spacial score (nSPS) is 11.8. The van der Waals surface area contributed by atoms with Gasteiger partial charge in [-0.25, -0.2) is 37.1 Å². The van der Waals surface area contributed by atoms with Crippen molar-refractivity contribution < 1.29 is 27.1 Å². The van der Waals surface area contributed by atoms with Crippen molar-refractivity contribution in [1.82, 2.24) is 4.98 Å². The lowest BCUT2D eigenvalue weighted by atomic mass is 9.93. The average molecular weight is 583 g/mol. The molecule has 3 aromatic carbocycles. The van der Waals surface area contributed by atoms with E-state index in [0.717, 1.165) is 39.7 Å². The van der Waals surface area contributed by atoms with Gasteiger partial charge in [0.05, 0.1) is 4.90 Å². The van der Waals surface area contributed by atoms with Crippen molar-refractivity contribution in [3.63, 3.8) is 0 Å². The van der Waals surface area contributed by atoms with E-state index >= 15 is 0 Å². The molecule has 1 aromatic heterocycles. The summed E-state index contributed by atoms with van der Waals surface area (Å²) >= 11 is 1.08. The minimum absolute atomic E-state index is 0.0225. The first kappa shape index (κ1) is 28.7. The summed E-state index contributed by atoms with van der Waals surface area (Å²) in [6.45, 7) is 5.42. The van der Waals surface area contributed by atoms with Gasteiger partial charge < -0.3 is 5.11 Å². The number of aryl methyl sites for hydroxylation is 1. The van der Waals surface area contributed by atoms with Gasteiger partial charge in [-0.05, 0) is 77.4 Å². The molecule has 0 radical (unpaired) electrons. The molecule has 8 nitrogen and oxygen atoms in total. The van der Waals surface area contributed by atoms with Crippen LogP contribution in [0.2, 0.25) is 0 Å². The van der Waals surface area contributed by atoms with Crippen LogP contribution in [0.4, 0.5) is 13.9 Å². The number of rotatable bonds is 10. The zero-order chi connectivity index (χ0) is 29.0. The zero-order valence-corrected chi connectivity index (χ0v) is 22.8. The second-order valence-corrected chi connectivity index (χ2v) is 11.3. The summed E-state index contributed by atoms with van der Waals surface area (Å²) in [5, 5.41) is 21.5. The number of hydrogen-bond donors (Lipinski definition) is 2. The Hall–Kier alpha value is -4.26. The molecule has 0 spiro atoms. The van der Waals surface area contributed by atoms with Crippen molar-refractivity contribution in [2.75, 3.05) is 5.01 Å². The Balaban J connectivity index is 1.73. The summed E-state index contributed by atoms with van der Waals surface area (Å²) in [4.78, 5) is 15.4. The first-order valence-corrected chi connectivity index (χ1v) is 14.2. The van der Waals surface area contributed by atoms with Gasteiger partial charge in [0.2, 0.25) is 15.2 Å². The Labute approximate surface area is 233 Å². The summed E-state index contributed by atoms with van der Waals surface area (Å²) in [6, 6.07) is 15.1. The highest BCUT2D eigenvalue weighted by Gasteiger charge is 2.15. The van der Waals surface area contributed by atoms with Crippen molar-refractivity contribution in [2.24, 2.45) is 10.2 Å². The second kappa shape index (κ2) is 11.9. The number of hydrogen-bond acceptors (Lipinski definition) is 7. The Kier molecular flexibility index (Phi) is 8.52. The van der Waals surface area contributed by atoms with Crippen LogP contribution in [0.25, 0.3) is 11.1 Å². The number of thiazole rings is 1. The Morgan fingerprint density at radius 3 is 2.27 bits per heavy atom. The lowest BCUT2D eigenvalue weighted by Gasteiger charge is -2.16. The van der Waals surface area contributed by atoms with E-state index in [4.69, 9.17) is 5.14 Å². The van der Waals surface area contributed by atoms with E-state index in [9.17, 15) is 27.1 Å². The predicted molar refractivity (Wildman–Crippen MR) is 151 cm³/mol. The van der Waals surface area contributed by atoms with Gasteiger partial charge in [0.1, 0.15) is 11.6 Å². The van der Waals surface area contributed by atoms with E-state index in [2.05, 4.69) is 16.8 Å². The van der Waals surface area contributed by atoms with Crippen LogP contribution in [0.1, 0.15) is 27.2 Å². The van der Waals surface area contributed by atoms with Gasteiger partial charge in [-0.1, -0.05) is 30.3 Å². The smallest absolute Gasteiger partial charge is 0.355 e. The number of anilines is 1. The minimum atomic E-state index is -3.86. The maximum Gasteiger partial charge on any atom is 0.355 e. The van der Waals surface area contributed by atoms with E-state index < -0.39 is 27.6 Å². The summed E-state index contributed by atoms with van der Waals surface area (Å²) in [5.41, 5.74) is 4.14.